The Morgan fingerprint density at radius 1 is 1.50 bits per heavy atom. The number of ether oxygens (including phenoxy) is 1. The summed E-state index contributed by atoms with van der Waals surface area (Å²) in [6, 6.07) is 5.29. The molecule has 0 spiro atoms. The predicted molar refractivity (Wildman–Crippen MR) is 74.8 cm³/mol. The fraction of sp³-hybridized carbons (Fsp3) is 0.571. The first-order valence-corrected chi connectivity index (χ1v) is 7.36. The largest absolute Gasteiger partial charge is 0.496 e. The van der Waals surface area contributed by atoms with Crippen LogP contribution in [0.25, 0.3) is 0 Å². The van der Waals surface area contributed by atoms with Crippen molar-refractivity contribution < 1.29 is 9.13 Å². The van der Waals surface area contributed by atoms with E-state index in [1.165, 1.54) is 12.5 Å². The van der Waals surface area contributed by atoms with E-state index in [2.05, 4.69) is 19.2 Å². The van der Waals surface area contributed by atoms with Crippen LogP contribution in [0, 0.1) is 5.82 Å². The number of nitrogens with one attached hydrogen (secondary N) is 1. The molecule has 1 aromatic carbocycles. The molecule has 2 nitrogen and oxygen atoms in total. The SMILES string of the molecule is COc1ccc(F)cc1C(C)NC1CSC(C)C1. The number of halogens is 1. The molecular weight excluding hydrogens is 249 g/mol. The maximum Gasteiger partial charge on any atom is 0.123 e. The van der Waals surface area contributed by atoms with Gasteiger partial charge in [-0.2, -0.15) is 11.8 Å². The van der Waals surface area contributed by atoms with Gasteiger partial charge in [0, 0.05) is 28.6 Å². The van der Waals surface area contributed by atoms with E-state index in [-0.39, 0.29) is 11.9 Å². The van der Waals surface area contributed by atoms with Gasteiger partial charge in [-0.05, 0) is 31.5 Å². The van der Waals surface area contributed by atoms with Crippen molar-refractivity contribution >= 4 is 11.8 Å². The van der Waals surface area contributed by atoms with E-state index in [4.69, 9.17) is 4.74 Å². The van der Waals surface area contributed by atoms with Crippen LogP contribution >= 0.6 is 11.8 Å². The molecule has 0 bridgehead atoms. The smallest absolute Gasteiger partial charge is 0.123 e. The van der Waals surface area contributed by atoms with Crippen LogP contribution in [0.5, 0.6) is 5.75 Å². The number of rotatable bonds is 4. The topological polar surface area (TPSA) is 21.3 Å². The van der Waals surface area contributed by atoms with E-state index >= 15 is 0 Å². The maximum atomic E-state index is 13.3. The van der Waals surface area contributed by atoms with Crippen LogP contribution in [0.15, 0.2) is 18.2 Å². The molecule has 1 aromatic rings. The molecule has 1 heterocycles. The highest BCUT2D eigenvalue weighted by Crippen LogP contribution is 2.30. The minimum atomic E-state index is -0.214. The second kappa shape index (κ2) is 5.93. The van der Waals surface area contributed by atoms with Crippen molar-refractivity contribution in [2.75, 3.05) is 12.9 Å². The van der Waals surface area contributed by atoms with Gasteiger partial charge in [0.1, 0.15) is 11.6 Å². The zero-order valence-electron chi connectivity index (χ0n) is 11.1. The molecular formula is C14H20FNOS. The first-order valence-electron chi connectivity index (χ1n) is 6.31. The standard InChI is InChI=1S/C14H20FNOS/c1-9-6-12(8-18-9)16-10(2)13-7-11(15)4-5-14(13)17-3/h4-5,7,9-10,12,16H,6,8H2,1-3H3. The average Bonchev–Trinajstić information content (AvgIpc) is 2.74. The van der Waals surface area contributed by atoms with Crippen LogP contribution in [-0.4, -0.2) is 24.2 Å². The fourth-order valence-electron chi connectivity index (χ4n) is 2.42. The van der Waals surface area contributed by atoms with E-state index in [1.54, 1.807) is 19.2 Å². The van der Waals surface area contributed by atoms with Crippen LogP contribution in [0.3, 0.4) is 0 Å². The Kier molecular flexibility index (Phi) is 4.51. The molecule has 0 radical (unpaired) electrons. The van der Waals surface area contributed by atoms with Gasteiger partial charge < -0.3 is 10.1 Å². The lowest BCUT2D eigenvalue weighted by atomic mass is 10.0. The van der Waals surface area contributed by atoms with Crippen molar-refractivity contribution in [1.82, 2.24) is 5.32 Å². The van der Waals surface area contributed by atoms with E-state index in [1.807, 2.05) is 11.8 Å². The fourth-order valence-corrected chi connectivity index (χ4v) is 3.58. The first kappa shape index (κ1) is 13.7. The Labute approximate surface area is 112 Å². The zero-order chi connectivity index (χ0) is 13.1. The predicted octanol–water partition coefficient (Wildman–Crippen LogP) is 3.38. The molecule has 3 atom stereocenters. The highest BCUT2D eigenvalue weighted by molar-refractivity contribution is 8.00. The Balaban J connectivity index is 2.08. The van der Waals surface area contributed by atoms with Gasteiger partial charge >= 0.3 is 0 Å². The van der Waals surface area contributed by atoms with Crippen molar-refractivity contribution in [3.05, 3.63) is 29.6 Å². The Morgan fingerprint density at radius 3 is 2.89 bits per heavy atom. The minimum Gasteiger partial charge on any atom is -0.496 e. The highest BCUT2D eigenvalue weighted by atomic mass is 32.2. The van der Waals surface area contributed by atoms with Gasteiger partial charge in [0.25, 0.3) is 0 Å². The summed E-state index contributed by atoms with van der Waals surface area (Å²) in [7, 11) is 1.62. The lowest BCUT2D eigenvalue weighted by Crippen LogP contribution is -2.31. The Morgan fingerprint density at radius 2 is 2.28 bits per heavy atom. The average molecular weight is 269 g/mol. The third kappa shape index (κ3) is 3.18. The Bertz CT molecular complexity index is 413. The van der Waals surface area contributed by atoms with E-state index < -0.39 is 0 Å². The van der Waals surface area contributed by atoms with E-state index in [0.29, 0.717) is 11.3 Å². The molecule has 0 aromatic heterocycles. The molecule has 1 fully saturated rings. The molecule has 1 saturated heterocycles. The summed E-state index contributed by atoms with van der Waals surface area (Å²) in [5, 5.41) is 4.27. The number of methoxy groups -OCH3 is 1. The van der Waals surface area contributed by atoms with Gasteiger partial charge in [-0.15, -0.1) is 0 Å². The monoisotopic (exact) mass is 269 g/mol. The van der Waals surface area contributed by atoms with Gasteiger partial charge in [-0.25, -0.2) is 4.39 Å². The van der Waals surface area contributed by atoms with Crippen molar-refractivity contribution in [1.29, 1.82) is 0 Å². The molecule has 18 heavy (non-hydrogen) atoms. The number of benzene rings is 1. The summed E-state index contributed by atoms with van der Waals surface area (Å²) in [4.78, 5) is 0. The second-order valence-electron chi connectivity index (χ2n) is 4.85. The minimum absolute atomic E-state index is 0.103. The summed E-state index contributed by atoms with van der Waals surface area (Å²) < 4.78 is 18.6. The molecule has 0 aliphatic carbocycles. The first-order chi connectivity index (χ1) is 8.60. The van der Waals surface area contributed by atoms with Gasteiger partial charge in [0.2, 0.25) is 0 Å². The highest BCUT2D eigenvalue weighted by Gasteiger charge is 2.24. The molecule has 3 unspecified atom stereocenters. The molecule has 100 valence electrons. The molecule has 4 heteroatoms. The lowest BCUT2D eigenvalue weighted by Gasteiger charge is -2.21. The maximum absolute atomic E-state index is 13.3. The van der Waals surface area contributed by atoms with Gasteiger partial charge in [-0.1, -0.05) is 6.92 Å². The van der Waals surface area contributed by atoms with Crippen molar-refractivity contribution in [2.24, 2.45) is 0 Å². The molecule has 1 N–H and O–H groups in total. The molecule has 0 saturated carbocycles. The molecule has 1 aliphatic rings. The van der Waals surface area contributed by atoms with Crippen LogP contribution in [0.4, 0.5) is 4.39 Å². The van der Waals surface area contributed by atoms with Gasteiger partial charge in [0.15, 0.2) is 0 Å². The second-order valence-corrected chi connectivity index (χ2v) is 6.32. The zero-order valence-corrected chi connectivity index (χ0v) is 11.9. The van der Waals surface area contributed by atoms with Gasteiger partial charge in [0.05, 0.1) is 7.11 Å². The van der Waals surface area contributed by atoms with E-state index in [9.17, 15) is 4.39 Å². The molecule has 0 amide bonds. The lowest BCUT2D eigenvalue weighted by molar-refractivity contribution is 0.393. The number of hydrogen-bond acceptors (Lipinski definition) is 3. The number of thioether (sulfide) groups is 1. The van der Waals surface area contributed by atoms with E-state index in [0.717, 1.165) is 17.1 Å². The third-order valence-electron chi connectivity index (χ3n) is 3.34. The molecule has 2 rings (SSSR count). The summed E-state index contributed by atoms with van der Waals surface area (Å²) in [6.07, 6.45) is 1.17. The van der Waals surface area contributed by atoms with Crippen LogP contribution in [0.1, 0.15) is 31.9 Å². The van der Waals surface area contributed by atoms with Gasteiger partial charge in [-0.3, -0.25) is 0 Å². The molecule has 1 aliphatic heterocycles. The summed E-state index contributed by atoms with van der Waals surface area (Å²) >= 11 is 1.99. The summed E-state index contributed by atoms with van der Waals surface area (Å²) in [6.45, 7) is 4.31. The third-order valence-corrected chi connectivity index (χ3v) is 4.70. The quantitative estimate of drug-likeness (QED) is 0.905. The Hall–Kier alpha value is -0.740. The van der Waals surface area contributed by atoms with Crippen molar-refractivity contribution in [3.63, 3.8) is 0 Å². The normalized spacial score (nSPS) is 25.1. The van der Waals surface area contributed by atoms with Crippen molar-refractivity contribution in [3.8, 4) is 5.75 Å². The summed E-state index contributed by atoms with van der Waals surface area (Å²) in [5.41, 5.74) is 0.891. The van der Waals surface area contributed by atoms with Crippen LogP contribution < -0.4 is 10.1 Å². The number of hydrogen-bond donors (Lipinski definition) is 1. The van der Waals surface area contributed by atoms with Crippen molar-refractivity contribution in [2.45, 2.75) is 37.6 Å². The summed E-state index contributed by atoms with van der Waals surface area (Å²) in [5.74, 6) is 1.66. The van der Waals surface area contributed by atoms with Crippen LogP contribution in [0.2, 0.25) is 0 Å². The van der Waals surface area contributed by atoms with Crippen LogP contribution in [-0.2, 0) is 0 Å².